The molecule has 0 spiro atoms. The van der Waals surface area contributed by atoms with Crippen LogP contribution in [0.3, 0.4) is 0 Å². The highest BCUT2D eigenvalue weighted by atomic mass is 35.5. The molecule has 0 aliphatic carbocycles. The molecule has 0 aliphatic heterocycles. The molecule has 2 aromatic rings. The van der Waals surface area contributed by atoms with Gasteiger partial charge in [0.05, 0.1) is 0 Å². The van der Waals surface area contributed by atoms with Gasteiger partial charge >= 0.3 is 0 Å². The van der Waals surface area contributed by atoms with Gasteiger partial charge < -0.3 is 5.73 Å². The van der Waals surface area contributed by atoms with Gasteiger partial charge in [-0.15, -0.1) is 11.8 Å². The van der Waals surface area contributed by atoms with Crippen molar-refractivity contribution in [1.82, 2.24) is 9.97 Å². The van der Waals surface area contributed by atoms with E-state index in [0.29, 0.717) is 11.0 Å². The molecule has 0 amide bonds. The van der Waals surface area contributed by atoms with Gasteiger partial charge in [-0.05, 0) is 23.8 Å². The summed E-state index contributed by atoms with van der Waals surface area (Å²) in [5.41, 5.74) is 6.53. The summed E-state index contributed by atoms with van der Waals surface area (Å²) in [6.45, 7) is 0. The summed E-state index contributed by atoms with van der Waals surface area (Å²) in [6.07, 6.45) is 3.44. The zero-order valence-electron chi connectivity index (χ0n) is 8.43. The largest absolute Gasteiger partial charge is 0.384 e. The van der Waals surface area contributed by atoms with Gasteiger partial charge in [0.2, 0.25) is 0 Å². The number of halogens is 1. The minimum absolute atomic E-state index is 0.531. The quantitative estimate of drug-likeness (QED) is 0.673. The van der Waals surface area contributed by atoms with Crippen LogP contribution in [-0.2, 0) is 5.75 Å². The second-order valence-electron chi connectivity index (χ2n) is 3.16. The van der Waals surface area contributed by atoms with Gasteiger partial charge in [0.1, 0.15) is 11.0 Å². The van der Waals surface area contributed by atoms with Crippen LogP contribution in [0.15, 0.2) is 41.6 Å². The first-order valence-corrected chi connectivity index (χ1v) is 6.06. The molecule has 16 heavy (non-hydrogen) atoms. The van der Waals surface area contributed by atoms with Gasteiger partial charge in [-0.25, -0.2) is 9.97 Å². The highest BCUT2D eigenvalue weighted by Gasteiger charge is 2.01. The molecule has 2 N–H and O–H groups in total. The van der Waals surface area contributed by atoms with E-state index in [4.69, 9.17) is 17.3 Å². The van der Waals surface area contributed by atoms with Crippen LogP contribution in [0.2, 0.25) is 5.15 Å². The molecule has 3 nitrogen and oxygen atoms in total. The van der Waals surface area contributed by atoms with Gasteiger partial charge in [0.15, 0.2) is 0 Å². The number of nitrogen functional groups attached to an aromatic ring is 1. The minimum atomic E-state index is 0.531. The first-order valence-electron chi connectivity index (χ1n) is 4.69. The fraction of sp³-hybridized carbons (Fsp3) is 0.0909. The Hall–Kier alpha value is -1.26. The van der Waals surface area contributed by atoms with Crippen LogP contribution in [0.25, 0.3) is 0 Å². The van der Waals surface area contributed by atoms with Crippen molar-refractivity contribution >= 4 is 29.2 Å². The monoisotopic (exact) mass is 251 g/mol. The molecule has 2 aromatic heterocycles. The Morgan fingerprint density at radius 3 is 2.81 bits per heavy atom. The molecule has 82 valence electrons. The Kier molecular flexibility index (Phi) is 3.64. The minimum Gasteiger partial charge on any atom is -0.384 e. The molecule has 0 saturated heterocycles. The van der Waals surface area contributed by atoms with Crippen molar-refractivity contribution in [2.24, 2.45) is 0 Å². The van der Waals surface area contributed by atoms with Crippen molar-refractivity contribution in [3.05, 3.63) is 47.4 Å². The van der Waals surface area contributed by atoms with Crippen molar-refractivity contribution in [3.63, 3.8) is 0 Å². The lowest BCUT2D eigenvalue weighted by molar-refractivity contribution is 1.23. The Morgan fingerprint density at radius 2 is 2.12 bits per heavy atom. The van der Waals surface area contributed by atoms with E-state index in [-0.39, 0.29) is 0 Å². The van der Waals surface area contributed by atoms with Crippen molar-refractivity contribution < 1.29 is 0 Å². The molecule has 0 atom stereocenters. The van der Waals surface area contributed by atoms with E-state index >= 15 is 0 Å². The average Bonchev–Trinajstić information content (AvgIpc) is 2.30. The molecule has 0 saturated carbocycles. The molecule has 2 heterocycles. The number of rotatable bonds is 3. The van der Waals surface area contributed by atoms with Crippen molar-refractivity contribution in [1.29, 1.82) is 0 Å². The molecule has 0 radical (unpaired) electrons. The summed E-state index contributed by atoms with van der Waals surface area (Å²) < 4.78 is 0. The van der Waals surface area contributed by atoms with Crippen LogP contribution in [0.1, 0.15) is 5.56 Å². The van der Waals surface area contributed by atoms with E-state index in [1.165, 1.54) is 0 Å². The van der Waals surface area contributed by atoms with Gasteiger partial charge in [-0.3, -0.25) is 0 Å². The lowest BCUT2D eigenvalue weighted by Crippen LogP contribution is -1.89. The second-order valence-corrected chi connectivity index (χ2v) is 4.57. The third-order valence-corrected chi connectivity index (χ3v) is 3.36. The topological polar surface area (TPSA) is 51.8 Å². The average molecular weight is 252 g/mol. The number of anilines is 1. The zero-order valence-corrected chi connectivity index (χ0v) is 10.0. The predicted octanol–water partition coefficient (Wildman–Crippen LogP) is 3.00. The molecule has 0 bridgehead atoms. The van der Waals surface area contributed by atoms with E-state index < -0.39 is 0 Å². The Balaban J connectivity index is 2.02. The van der Waals surface area contributed by atoms with Gasteiger partial charge in [0, 0.05) is 23.0 Å². The van der Waals surface area contributed by atoms with Crippen LogP contribution in [0.4, 0.5) is 5.82 Å². The number of aromatic nitrogens is 2. The van der Waals surface area contributed by atoms with Crippen LogP contribution in [0.5, 0.6) is 0 Å². The number of thioether (sulfide) groups is 1. The second kappa shape index (κ2) is 5.18. The lowest BCUT2D eigenvalue weighted by Gasteiger charge is -2.03. The molecule has 0 unspecified atom stereocenters. The third kappa shape index (κ3) is 2.87. The van der Waals surface area contributed by atoms with Gasteiger partial charge in [0.25, 0.3) is 0 Å². The summed E-state index contributed by atoms with van der Waals surface area (Å²) in [7, 11) is 0. The van der Waals surface area contributed by atoms with Gasteiger partial charge in [-0.2, -0.15) is 0 Å². The molecule has 2 rings (SSSR count). The Morgan fingerprint density at radius 1 is 1.25 bits per heavy atom. The number of hydrogen-bond acceptors (Lipinski definition) is 4. The Labute approximate surface area is 103 Å². The number of nitrogens with two attached hydrogens (primary N) is 1. The van der Waals surface area contributed by atoms with Crippen molar-refractivity contribution in [3.8, 4) is 0 Å². The van der Waals surface area contributed by atoms with Crippen molar-refractivity contribution in [2.45, 2.75) is 10.6 Å². The molecule has 0 aromatic carbocycles. The maximum Gasteiger partial charge on any atom is 0.133 e. The van der Waals surface area contributed by atoms with Crippen LogP contribution in [-0.4, -0.2) is 9.97 Å². The normalized spacial score (nSPS) is 10.3. The van der Waals surface area contributed by atoms with E-state index in [2.05, 4.69) is 9.97 Å². The highest BCUT2D eigenvalue weighted by molar-refractivity contribution is 7.98. The first-order chi connectivity index (χ1) is 7.75. The Bertz CT molecular complexity index is 473. The molecule has 0 fully saturated rings. The van der Waals surface area contributed by atoms with Crippen molar-refractivity contribution in [2.75, 3.05) is 5.73 Å². The van der Waals surface area contributed by atoms with Gasteiger partial charge in [-0.1, -0.05) is 17.7 Å². The third-order valence-electron chi connectivity index (χ3n) is 1.99. The van der Waals surface area contributed by atoms with E-state index in [1.54, 1.807) is 30.2 Å². The van der Waals surface area contributed by atoms with Crippen LogP contribution < -0.4 is 5.73 Å². The first kappa shape index (κ1) is 11.2. The number of hydrogen-bond donors (Lipinski definition) is 1. The molecule has 0 aliphatic rings. The molecular formula is C11H10ClN3S. The molecular weight excluding hydrogens is 242 g/mol. The fourth-order valence-corrected chi connectivity index (χ4v) is 2.28. The van der Waals surface area contributed by atoms with Crippen LogP contribution in [0, 0.1) is 0 Å². The maximum absolute atomic E-state index is 5.96. The summed E-state index contributed by atoms with van der Waals surface area (Å²) >= 11 is 7.61. The summed E-state index contributed by atoms with van der Waals surface area (Å²) in [4.78, 5) is 9.11. The summed E-state index contributed by atoms with van der Waals surface area (Å²) in [6, 6.07) is 7.57. The SMILES string of the molecule is Nc1ccc(SCc2cccnc2Cl)cn1. The maximum atomic E-state index is 5.96. The van der Waals surface area contributed by atoms with E-state index in [1.807, 2.05) is 18.2 Å². The number of nitrogens with zero attached hydrogens (tertiary/aromatic N) is 2. The predicted molar refractivity (Wildman–Crippen MR) is 67.5 cm³/mol. The standard InChI is InChI=1S/C11H10ClN3S/c12-11-8(2-1-5-14-11)7-16-9-3-4-10(13)15-6-9/h1-6H,7H2,(H2,13,15). The summed E-state index contributed by atoms with van der Waals surface area (Å²) in [5.74, 6) is 1.31. The summed E-state index contributed by atoms with van der Waals surface area (Å²) in [5, 5.41) is 0.554. The lowest BCUT2D eigenvalue weighted by atomic mass is 10.3. The smallest absolute Gasteiger partial charge is 0.133 e. The molecule has 5 heteroatoms. The highest BCUT2D eigenvalue weighted by Crippen LogP contribution is 2.25. The van der Waals surface area contributed by atoms with E-state index in [0.717, 1.165) is 16.2 Å². The zero-order chi connectivity index (χ0) is 11.4. The van der Waals surface area contributed by atoms with E-state index in [9.17, 15) is 0 Å². The van der Waals surface area contributed by atoms with Crippen LogP contribution >= 0.6 is 23.4 Å². The number of pyridine rings is 2. The fourth-order valence-electron chi connectivity index (χ4n) is 1.17.